The summed E-state index contributed by atoms with van der Waals surface area (Å²) in [6.07, 6.45) is 0. The van der Waals surface area contributed by atoms with Crippen molar-refractivity contribution in [3.8, 4) is 5.75 Å². The first-order valence-corrected chi connectivity index (χ1v) is 9.73. The van der Waals surface area contributed by atoms with E-state index in [1.165, 1.54) is 6.07 Å². The second-order valence-corrected chi connectivity index (χ2v) is 7.06. The fraction of sp³-hybridized carbons (Fsp3) is 0.579. The van der Waals surface area contributed by atoms with Crippen LogP contribution in [0.3, 0.4) is 0 Å². The summed E-state index contributed by atoms with van der Waals surface area (Å²) in [5, 5.41) is 23.8. The Kier molecular flexibility index (Phi) is 7.78. The van der Waals surface area contributed by atoms with E-state index >= 15 is 0 Å². The maximum atomic E-state index is 12.6. The van der Waals surface area contributed by atoms with Gasteiger partial charge >= 0.3 is 0 Å². The smallest absolute Gasteiger partial charge is 0.259 e. The molecule has 1 aromatic rings. The molecular formula is C19H28N4O6. The van der Waals surface area contributed by atoms with Crippen LogP contribution in [-0.4, -0.2) is 97.2 Å². The first-order chi connectivity index (χ1) is 14.0. The number of hydrogen-bond acceptors (Lipinski definition) is 8. The van der Waals surface area contributed by atoms with Gasteiger partial charge in [0.1, 0.15) is 11.8 Å². The number of aliphatic hydroxyl groups is 1. The maximum Gasteiger partial charge on any atom is 0.259 e. The highest BCUT2D eigenvalue weighted by atomic mass is 16.5. The molecule has 4 N–H and O–H groups in total. The van der Waals surface area contributed by atoms with E-state index in [2.05, 4.69) is 15.6 Å². The number of amides is 2. The molecule has 0 saturated carbocycles. The van der Waals surface area contributed by atoms with Gasteiger partial charge in [-0.15, -0.1) is 0 Å². The lowest BCUT2D eigenvalue weighted by molar-refractivity contribution is -0.130. The lowest BCUT2D eigenvalue weighted by Crippen LogP contribution is -2.56. The first kappa shape index (κ1) is 21.5. The summed E-state index contributed by atoms with van der Waals surface area (Å²) >= 11 is 0. The van der Waals surface area contributed by atoms with Crippen LogP contribution in [0, 0.1) is 0 Å². The van der Waals surface area contributed by atoms with Gasteiger partial charge in [0.2, 0.25) is 0 Å². The van der Waals surface area contributed by atoms with Crippen molar-refractivity contribution in [2.24, 2.45) is 0 Å². The highest BCUT2D eigenvalue weighted by molar-refractivity contribution is 5.98. The Balaban J connectivity index is 1.61. The van der Waals surface area contributed by atoms with Crippen molar-refractivity contribution in [1.82, 2.24) is 20.7 Å². The Morgan fingerprint density at radius 2 is 1.69 bits per heavy atom. The van der Waals surface area contributed by atoms with Crippen LogP contribution >= 0.6 is 0 Å². The molecule has 10 heteroatoms. The zero-order chi connectivity index (χ0) is 20.6. The molecule has 2 saturated heterocycles. The summed E-state index contributed by atoms with van der Waals surface area (Å²) < 4.78 is 10.6. The van der Waals surface area contributed by atoms with E-state index in [9.17, 15) is 19.8 Å². The van der Waals surface area contributed by atoms with Gasteiger partial charge < -0.3 is 25.0 Å². The third kappa shape index (κ3) is 6.38. The summed E-state index contributed by atoms with van der Waals surface area (Å²) in [5.41, 5.74) is 3.69. The molecule has 1 unspecified atom stereocenters. The van der Waals surface area contributed by atoms with Crippen molar-refractivity contribution in [3.05, 3.63) is 29.3 Å². The SMILES string of the molecule is O=C(NC(CO)C(=O)NN1CCOCC1)c1cc(O)cc(CN2CCOCC2)c1. The Hall–Kier alpha value is -2.24. The molecule has 2 aliphatic heterocycles. The maximum absolute atomic E-state index is 12.6. The number of morpholine rings is 2. The number of benzene rings is 1. The molecule has 2 amide bonds. The molecule has 0 radical (unpaired) electrons. The third-order valence-corrected chi connectivity index (χ3v) is 4.83. The molecule has 160 valence electrons. The summed E-state index contributed by atoms with van der Waals surface area (Å²) in [4.78, 5) is 27.2. The number of aromatic hydroxyl groups is 1. The van der Waals surface area contributed by atoms with Crippen LogP contribution in [0.2, 0.25) is 0 Å². The Bertz CT molecular complexity index is 704. The van der Waals surface area contributed by atoms with Gasteiger partial charge in [-0.1, -0.05) is 0 Å². The molecule has 0 spiro atoms. The van der Waals surface area contributed by atoms with Crippen LogP contribution in [0.4, 0.5) is 0 Å². The Morgan fingerprint density at radius 1 is 1.03 bits per heavy atom. The number of rotatable bonds is 7. The van der Waals surface area contributed by atoms with E-state index < -0.39 is 24.5 Å². The minimum Gasteiger partial charge on any atom is -0.508 e. The standard InChI is InChI=1S/C19H28N4O6/c24-13-17(19(27)21-23-3-7-29-8-4-23)20-18(26)15-9-14(10-16(25)11-15)12-22-1-5-28-6-2-22/h9-11,17,24-25H,1-8,12-13H2,(H,20,26)(H,21,27). The topological polar surface area (TPSA) is 124 Å². The summed E-state index contributed by atoms with van der Waals surface area (Å²) in [7, 11) is 0. The molecule has 10 nitrogen and oxygen atoms in total. The minimum atomic E-state index is -1.10. The van der Waals surface area contributed by atoms with Crippen LogP contribution in [0.15, 0.2) is 18.2 Å². The number of nitrogens with one attached hydrogen (secondary N) is 2. The molecule has 1 aromatic carbocycles. The van der Waals surface area contributed by atoms with Gasteiger partial charge in [-0.3, -0.25) is 19.9 Å². The molecular weight excluding hydrogens is 380 g/mol. The second kappa shape index (κ2) is 10.5. The molecule has 29 heavy (non-hydrogen) atoms. The number of hydrogen-bond donors (Lipinski definition) is 4. The van der Waals surface area contributed by atoms with Crippen LogP contribution in [0.25, 0.3) is 0 Å². The van der Waals surface area contributed by atoms with Crippen molar-refractivity contribution < 1.29 is 29.3 Å². The molecule has 0 aromatic heterocycles. The second-order valence-electron chi connectivity index (χ2n) is 7.06. The van der Waals surface area contributed by atoms with E-state index in [1.54, 1.807) is 17.1 Å². The summed E-state index contributed by atoms with van der Waals surface area (Å²) in [6.45, 7) is 5.00. The fourth-order valence-electron chi connectivity index (χ4n) is 3.26. The van der Waals surface area contributed by atoms with E-state index in [1.807, 2.05) is 0 Å². The van der Waals surface area contributed by atoms with E-state index in [-0.39, 0.29) is 11.3 Å². The van der Waals surface area contributed by atoms with Crippen molar-refractivity contribution in [1.29, 1.82) is 0 Å². The molecule has 3 rings (SSSR count). The number of phenolic OH excluding ortho intramolecular Hbond substituents is 1. The van der Waals surface area contributed by atoms with Gasteiger partial charge in [0.15, 0.2) is 0 Å². The van der Waals surface area contributed by atoms with Gasteiger partial charge in [0, 0.05) is 38.3 Å². The van der Waals surface area contributed by atoms with E-state index in [4.69, 9.17) is 9.47 Å². The Labute approximate surface area is 169 Å². The quantitative estimate of drug-likeness (QED) is 0.438. The number of carbonyl (C=O) groups excluding carboxylic acids is 2. The monoisotopic (exact) mass is 408 g/mol. The van der Waals surface area contributed by atoms with E-state index in [0.29, 0.717) is 46.1 Å². The summed E-state index contributed by atoms with van der Waals surface area (Å²) in [5.74, 6) is -1.07. The van der Waals surface area contributed by atoms with E-state index in [0.717, 1.165) is 18.7 Å². The lowest BCUT2D eigenvalue weighted by atomic mass is 10.1. The van der Waals surface area contributed by atoms with Crippen molar-refractivity contribution in [2.75, 3.05) is 59.2 Å². The van der Waals surface area contributed by atoms with Crippen LogP contribution in [0.1, 0.15) is 15.9 Å². The average molecular weight is 408 g/mol. The molecule has 2 aliphatic rings. The summed E-state index contributed by atoms with van der Waals surface area (Å²) in [6, 6.07) is 3.53. The van der Waals surface area contributed by atoms with Gasteiger partial charge in [-0.25, -0.2) is 5.01 Å². The number of ether oxygens (including phenoxy) is 2. The highest BCUT2D eigenvalue weighted by Gasteiger charge is 2.24. The largest absolute Gasteiger partial charge is 0.508 e. The lowest BCUT2D eigenvalue weighted by Gasteiger charge is -2.28. The minimum absolute atomic E-state index is 0.0285. The van der Waals surface area contributed by atoms with Crippen molar-refractivity contribution >= 4 is 11.8 Å². The van der Waals surface area contributed by atoms with Gasteiger partial charge in [-0.2, -0.15) is 0 Å². The fourth-order valence-corrected chi connectivity index (χ4v) is 3.26. The average Bonchev–Trinajstić information content (AvgIpc) is 2.72. The van der Waals surface area contributed by atoms with Crippen molar-refractivity contribution in [3.63, 3.8) is 0 Å². The van der Waals surface area contributed by atoms with Crippen molar-refractivity contribution in [2.45, 2.75) is 12.6 Å². The molecule has 2 heterocycles. The molecule has 2 fully saturated rings. The Morgan fingerprint density at radius 3 is 2.34 bits per heavy atom. The molecule has 1 atom stereocenters. The number of carbonyl (C=O) groups is 2. The van der Waals surface area contributed by atoms with Crippen LogP contribution in [-0.2, 0) is 20.8 Å². The predicted molar refractivity (Wildman–Crippen MR) is 103 cm³/mol. The number of hydrazine groups is 1. The molecule has 0 bridgehead atoms. The zero-order valence-electron chi connectivity index (χ0n) is 16.3. The number of nitrogens with zero attached hydrogens (tertiary/aromatic N) is 2. The highest BCUT2D eigenvalue weighted by Crippen LogP contribution is 2.18. The van der Waals surface area contributed by atoms with Gasteiger partial charge in [0.25, 0.3) is 11.8 Å². The molecule has 0 aliphatic carbocycles. The first-order valence-electron chi connectivity index (χ1n) is 9.73. The van der Waals surface area contributed by atoms with Gasteiger partial charge in [-0.05, 0) is 23.8 Å². The van der Waals surface area contributed by atoms with Gasteiger partial charge in [0.05, 0.1) is 33.0 Å². The zero-order valence-corrected chi connectivity index (χ0v) is 16.3. The predicted octanol–water partition coefficient (Wildman–Crippen LogP) is -1.32. The normalized spacial score (nSPS) is 19.5. The van der Waals surface area contributed by atoms with Crippen LogP contribution in [0.5, 0.6) is 5.75 Å². The third-order valence-electron chi connectivity index (χ3n) is 4.83. The number of aliphatic hydroxyl groups excluding tert-OH is 1. The van der Waals surface area contributed by atoms with Crippen LogP contribution < -0.4 is 10.7 Å². The number of phenols is 1.